The van der Waals surface area contributed by atoms with Crippen molar-refractivity contribution in [1.82, 2.24) is 15.0 Å². The number of rotatable bonds is 4. The first-order valence-electron chi connectivity index (χ1n) is 8.56. The number of nitrogens with zero attached hydrogens (tertiary/aromatic N) is 2. The molecule has 0 saturated heterocycles. The van der Waals surface area contributed by atoms with Crippen LogP contribution >= 0.6 is 22.7 Å². The van der Waals surface area contributed by atoms with Gasteiger partial charge in [0.25, 0.3) is 0 Å². The van der Waals surface area contributed by atoms with Crippen LogP contribution in [0, 0.1) is 0 Å². The zero-order valence-corrected chi connectivity index (χ0v) is 15.9. The third-order valence-corrected chi connectivity index (χ3v) is 5.83. The van der Waals surface area contributed by atoms with Gasteiger partial charge in [-0.05, 0) is 47.2 Å². The van der Waals surface area contributed by atoms with Crippen molar-refractivity contribution in [3.63, 3.8) is 0 Å². The Bertz CT molecular complexity index is 1050. The van der Waals surface area contributed by atoms with Crippen LogP contribution in [0.2, 0.25) is 0 Å². The van der Waals surface area contributed by atoms with Crippen LogP contribution in [0.5, 0.6) is 0 Å². The van der Waals surface area contributed by atoms with Crippen molar-refractivity contribution in [2.75, 3.05) is 0 Å². The maximum Gasteiger partial charge on any atom is 0.0730 e. The topological polar surface area (TPSA) is 41.6 Å². The van der Waals surface area contributed by atoms with E-state index in [4.69, 9.17) is 0 Å². The van der Waals surface area contributed by atoms with Crippen LogP contribution < -0.4 is 0 Å². The lowest BCUT2D eigenvalue weighted by Gasteiger charge is -2.07. The molecule has 0 aliphatic rings. The van der Waals surface area contributed by atoms with E-state index in [0.29, 0.717) is 0 Å². The molecule has 0 atom stereocenters. The molecule has 5 heteroatoms. The van der Waals surface area contributed by atoms with E-state index < -0.39 is 0 Å². The molecule has 0 bridgehead atoms. The van der Waals surface area contributed by atoms with Gasteiger partial charge >= 0.3 is 0 Å². The Morgan fingerprint density at radius 2 is 1.15 bits per heavy atom. The summed E-state index contributed by atoms with van der Waals surface area (Å²) in [5.74, 6) is 0. The quantitative estimate of drug-likeness (QED) is 0.379. The highest BCUT2D eigenvalue weighted by Gasteiger charge is 2.24. The number of pyridine rings is 2. The number of nitrogens with one attached hydrogen (secondary N) is 1. The number of aromatic nitrogens is 3. The lowest BCUT2D eigenvalue weighted by atomic mass is 9.97. The third-order valence-electron chi connectivity index (χ3n) is 4.46. The van der Waals surface area contributed by atoms with E-state index in [-0.39, 0.29) is 0 Å². The van der Waals surface area contributed by atoms with Gasteiger partial charge in [-0.1, -0.05) is 12.1 Å². The van der Waals surface area contributed by atoms with E-state index in [9.17, 15) is 0 Å². The van der Waals surface area contributed by atoms with Crippen LogP contribution in [0.4, 0.5) is 0 Å². The fraction of sp³-hybridized carbons (Fsp3) is 0. The van der Waals surface area contributed by atoms with Crippen LogP contribution in [0.15, 0.2) is 82.4 Å². The molecule has 0 aliphatic heterocycles. The van der Waals surface area contributed by atoms with Crippen molar-refractivity contribution in [2.24, 2.45) is 0 Å². The van der Waals surface area contributed by atoms with Crippen molar-refractivity contribution in [2.45, 2.75) is 0 Å². The smallest absolute Gasteiger partial charge is 0.0730 e. The van der Waals surface area contributed by atoms with Crippen LogP contribution in [0.1, 0.15) is 0 Å². The molecule has 130 valence electrons. The molecule has 0 fully saturated rings. The molecule has 0 unspecified atom stereocenters. The van der Waals surface area contributed by atoms with E-state index in [1.54, 1.807) is 22.7 Å². The van der Waals surface area contributed by atoms with Gasteiger partial charge in [0.1, 0.15) is 0 Å². The summed E-state index contributed by atoms with van der Waals surface area (Å²) < 4.78 is 0. The predicted octanol–water partition coefficient (Wildman–Crippen LogP) is 6.60. The average molecular weight is 386 g/mol. The molecule has 5 aromatic heterocycles. The van der Waals surface area contributed by atoms with Gasteiger partial charge in [0.15, 0.2) is 0 Å². The molecule has 0 radical (unpaired) electrons. The second-order valence-electron chi connectivity index (χ2n) is 6.08. The van der Waals surface area contributed by atoms with Crippen molar-refractivity contribution in [1.29, 1.82) is 0 Å². The number of thiophene rings is 2. The molecule has 0 saturated carbocycles. The van der Waals surface area contributed by atoms with Gasteiger partial charge in [-0.2, -0.15) is 22.7 Å². The fourth-order valence-corrected chi connectivity index (χ4v) is 4.57. The average Bonchev–Trinajstić information content (AvgIpc) is 3.49. The van der Waals surface area contributed by atoms with E-state index in [1.807, 2.05) is 36.7 Å². The maximum absolute atomic E-state index is 4.66. The summed E-state index contributed by atoms with van der Waals surface area (Å²) in [6.45, 7) is 0. The van der Waals surface area contributed by atoms with Crippen molar-refractivity contribution in [3.05, 3.63) is 82.4 Å². The van der Waals surface area contributed by atoms with Crippen LogP contribution in [0.3, 0.4) is 0 Å². The monoisotopic (exact) mass is 385 g/mol. The van der Waals surface area contributed by atoms with Gasteiger partial charge in [-0.25, -0.2) is 0 Å². The Balaban J connectivity index is 1.89. The number of hydrogen-bond acceptors (Lipinski definition) is 4. The fourth-order valence-electron chi connectivity index (χ4n) is 3.28. The molecule has 5 heterocycles. The molecule has 0 aromatic carbocycles. The van der Waals surface area contributed by atoms with Crippen molar-refractivity contribution in [3.8, 4) is 45.0 Å². The summed E-state index contributed by atoms with van der Waals surface area (Å²) in [5, 5.41) is 8.53. The van der Waals surface area contributed by atoms with E-state index in [2.05, 4.69) is 60.7 Å². The Kier molecular flexibility index (Phi) is 4.16. The summed E-state index contributed by atoms with van der Waals surface area (Å²) >= 11 is 3.39. The van der Waals surface area contributed by atoms with Gasteiger partial charge < -0.3 is 4.98 Å². The highest BCUT2D eigenvalue weighted by atomic mass is 32.1. The number of hydrogen-bond donors (Lipinski definition) is 1. The molecule has 27 heavy (non-hydrogen) atoms. The summed E-state index contributed by atoms with van der Waals surface area (Å²) in [4.78, 5) is 13.0. The summed E-state index contributed by atoms with van der Waals surface area (Å²) in [7, 11) is 0. The van der Waals surface area contributed by atoms with Crippen LogP contribution in [-0.2, 0) is 0 Å². The predicted molar refractivity (Wildman–Crippen MR) is 114 cm³/mol. The van der Waals surface area contributed by atoms with Gasteiger partial charge in [-0.3, -0.25) is 9.97 Å². The minimum absolute atomic E-state index is 0.942. The molecule has 0 amide bonds. The standard InChI is InChI=1S/C22H15N3S2/c1-3-9-23-17(5-1)19-20(18-6-2-4-10-24-18)22(16-8-12-27-14-16)25-21(19)15-7-11-26-13-15/h1-14,25H. The summed E-state index contributed by atoms with van der Waals surface area (Å²) in [6.07, 6.45) is 3.68. The largest absolute Gasteiger partial charge is 0.353 e. The molecule has 0 aliphatic carbocycles. The minimum Gasteiger partial charge on any atom is -0.353 e. The lowest BCUT2D eigenvalue weighted by molar-refractivity contribution is 1.31. The number of H-pyrrole nitrogens is 1. The second-order valence-corrected chi connectivity index (χ2v) is 7.64. The molecular weight excluding hydrogens is 370 g/mol. The molecule has 3 nitrogen and oxygen atoms in total. The Morgan fingerprint density at radius 1 is 0.630 bits per heavy atom. The van der Waals surface area contributed by atoms with E-state index >= 15 is 0 Å². The zero-order valence-electron chi connectivity index (χ0n) is 14.3. The molecular formula is C22H15N3S2. The normalized spacial score (nSPS) is 11.0. The third kappa shape index (κ3) is 2.91. The SMILES string of the molecule is c1ccc(-c2c(-c3ccsc3)[nH]c(-c3ccsc3)c2-c2ccccn2)nc1. The van der Waals surface area contributed by atoms with Gasteiger partial charge in [-0.15, -0.1) is 0 Å². The van der Waals surface area contributed by atoms with E-state index in [1.165, 1.54) is 11.1 Å². The van der Waals surface area contributed by atoms with Crippen molar-refractivity contribution >= 4 is 22.7 Å². The second kappa shape index (κ2) is 6.95. The first-order valence-corrected chi connectivity index (χ1v) is 10.4. The molecule has 1 N–H and O–H groups in total. The Hall–Kier alpha value is -3.02. The zero-order chi connectivity index (χ0) is 18.1. The van der Waals surface area contributed by atoms with Gasteiger partial charge in [0.05, 0.1) is 22.8 Å². The Morgan fingerprint density at radius 3 is 1.52 bits per heavy atom. The van der Waals surface area contributed by atoms with Crippen LogP contribution in [-0.4, -0.2) is 15.0 Å². The van der Waals surface area contributed by atoms with Crippen molar-refractivity contribution < 1.29 is 0 Å². The molecule has 0 spiro atoms. The lowest BCUT2D eigenvalue weighted by Crippen LogP contribution is -1.89. The summed E-state index contributed by atoms with van der Waals surface area (Å²) in [5.41, 5.74) is 8.56. The molecule has 5 aromatic rings. The van der Waals surface area contributed by atoms with Gasteiger partial charge in [0, 0.05) is 45.4 Å². The molecule has 5 rings (SSSR count). The summed E-state index contributed by atoms with van der Waals surface area (Å²) in [6, 6.07) is 16.3. The number of aromatic amines is 1. The van der Waals surface area contributed by atoms with Crippen LogP contribution in [0.25, 0.3) is 45.0 Å². The highest BCUT2D eigenvalue weighted by Crippen LogP contribution is 2.45. The van der Waals surface area contributed by atoms with Gasteiger partial charge in [0.2, 0.25) is 0 Å². The maximum atomic E-state index is 4.66. The highest BCUT2D eigenvalue weighted by molar-refractivity contribution is 7.08. The minimum atomic E-state index is 0.942. The van der Waals surface area contributed by atoms with E-state index in [0.717, 1.165) is 33.9 Å². The first kappa shape index (κ1) is 16.2. The first-order chi connectivity index (χ1) is 13.4. The Labute approximate surface area is 165 Å².